The Bertz CT molecular complexity index is 271. The number of hydrogen-bond donors (Lipinski definition) is 1. The quantitative estimate of drug-likeness (QED) is 0.750. The fourth-order valence-electron chi connectivity index (χ4n) is 4.29. The second-order valence-electron chi connectivity index (χ2n) is 6.66. The first-order valence-corrected chi connectivity index (χ1v) is 6.73. The summed E-state index contributed by atoms with van der Waals surface area (Å²) in [6.45, 7) is 8.04. The highest BCUT2D eigenvalue weighted by Gasteiger charge is 2.58. The van der Waals surface area contributed by atoms with Gasteiger partial charge in [-0.25, -0.2) is 0 Å². The third-order valence-corrected chi connectivity index (χ3v) is 5.28. The molecule has 0 radical (unpaired) electrons. The van der Waals surface area contributed by atoms with Crippen LogP contribution in [0.4, 0.5) is 0 Å². The summed E-state index contributed by atoms with van der Waals surface area (Å²) in [5, 5.41) is 3.70. The average Bonchev–Trinajstić information content (AvgIpc) is 2.74. The van der Waals surface area contributed by atoms with Crippen LogP contribution in [0.5, 0.6) is 0 Å². The molecule has 2 aliphatic rings. The lowest BCUT2D eigenvalue weighted by molar-refractivity contribution is -0.103. The molecule has 0 heterocycles. The molecular formula is C14H27NO2. The molecule has 2 bridgehead atoms. The minimum atomic E-state index is -0.131. The number of methoxy groups -OCH3 is 2. The lowest BCUT2D eigenvalue weighted by atomic mass is 9.68. The van der Waals surface area contributed by atoms with Crippen molar-refractivity contribution in [3.05, 3.63) is 0 Å². The van der Waals surface area contributed by atoms with Crippen LogP contribution in [0.15, 0.2) is 0 Å². The number of rotatable bonds is 5. The van der Waals surface area contributed by atoms with Gasteiger partial charge in [-0.2, -0.15) is 0 Å². The van der Waals surface area contributed by atoms with Crippen molar-refractivity contribution >= 4 is 0 Å². The maximum Gasteiger partial charge on any atom is 0.169 e. The maximum absolute atomic E-state index is 5.26. The van der Waals surface area contributed by atoms with Crippen LogP contribution < -0.4 is 5.32 Å². The second kappa shape index (κ2) is 4.52. The van der Waals surface area contributed by atoms with Crippen molar-refractivity contribution in [1.82, 2.24) is 5.32 Å². The van der Waals surface area contributed by atoms with Crippen molar-refractivity contribution < 1.29 is 9.47 Å². The van der Waals surface area contributed by atoms with Gasteiger partial charge in [0.15, 0.2) is 6.29 Å². The maximum atomic E-state index is 5.26. The van der Waals surface area contributed by atoms with Crippen LogP contribution in [-0.4, -0.2) is 33.1 Å². The minimum Gasteiger partial charge on any atom is -0.355 e. The van der Waals surface area contributed by atoms with Crippen molar-refractivity contribution in [1.29, 1.82) is 0 Å². The molecule has 0 aromatic carbocycles. The molecule has 1 N–H and O–H groups in total. The Balaban J connectivity index is 2.00. The fourth-order valence-corrected chi connectivity index (χ4v) is 4.29. The number of nitrogens with one attached hydrogen (secondary N) is 1. The summed E-state index contributed by atoms with van der Waals surface area (Å²) in [6.07, 6.45) is 4.01. The zero-order valence-electron chi connectivity index (χ0n) is 11.9. The molecule has 2 aliphatic carbocycles. The molecule has 100 valence electrons. The van der Waals surface area contributed by atoms with Gasteiger partial charge < -0.3 is 14.8 Å². The zero-order chi connectivity index (χ0) is 12.7. The van der Waals surface area contributed by atoms with Gasteiger partial charge in [0, 0.05) is 26.8 Å². The van der Waals surface area contributed by atoms with Gasteiger partial charge in [-0.1, -0.05) is 20.8 Å². The Kier molecular flexibility index (Phi) is 3.54. The van der Waals surface area contributed by atoms with Crippen LogP contribution in [-0.2, 0) is 9.47 Å². The predicted molar refractivity (Wildman–Crippen MR) is 68.8 cm³/mol. The van der Waals surface area contributed by atoms with E-state index in [1.165, 1.54) is 19.3 Å². The smallest absolute Gasteiger partial charge is 0.169 e. The Morgan fingerprint density at radius 2 is 1.88 bits per heavy atom. The summed E-state index contributed by atoms with van der Waals surface area (Å²) in [6, 6.07) is 0.585. The summed E-state index contributed by atoms with van der Waals surface area (Å²) in [5.41, 5.74) is 0.874. The lowest BCUT2D eigenvalue weighted by Crippen LogP contribution is -2.52. The molecule has 0 aromatic heterocycles. The topological polar surface area (TPSA) is 30.5 Å². The highest BCUT2D eigenvalue weighted by molar-refractivity contribution is 5.11. The van der Waals surface area contributed by atoms with Crippen LogP contribution >= 0.6 is 0 Å². The van der Waals surface area contributed by atoms with Gasteiger partial charge in [0.2, 0.25) is 0 Å². The molecule has 17 heavy (non-hydrogen) atoms. The molecule has 0 spiro atoms. The summed E-state index contributed by atoms with van der Waals surface area (Å²) < 4.78 is 10.5. The fraction of sp³-hybridized carbons (Fsp3) is 1.00. The average molecular weight is 241 g/mol. The van der Waals surface area contributed by atoms with Crippen LogP contribution in [0.25, 0.3) is 0 Å². The van der Waals surface area contributed by atoms with Gasteiger partial charge in [0.25, 0.3) is 0 Å². The first-order valence-electron chi connectivity index (χ1n) is 6.73. The molecular weight excluding hydrogens is 214 g/mol. The van der Waals surface area contributed by atoms with E-state index in [1.54, 1.807) is 14.2 Å². The molecule has 3 heteroatoms. The molecule has 0 aliphatic heterocycles. The number of hydrogen-bond acceptors (Lipinski definition) is 3. The predicted octanol–water partition coefficient (Wildman–Crippen LogP) is 2.41. The van der Waals surface area contributed by atoms with Gasteiger partial charge in [-0.3, -0.25) is 0 Å². The van der Waals surface area contributed by atoms with Crippen molar-refractivity contribution in [2.24, 2.45) is 16.7 Å². The van der Waals surface area contributed by atoms with Gasteiger partial charge in [-0.15, -0.1) is 0 Å². The van der Waals surface area contributed by atoms with E-state index in [9.17, 15) is 0 Å². The number of fused-ring (bicyclic) bond motifs is 2. The summed E-state index contributed by atoms with van der Waals surface area (Å²) in [7, 11) is 3.40. The molecule has 0 saturated heterocycles. The van der Waals surface area contributed by atoms with Crippen LogP contribution in [0.3, 0.4) is 0 Å². The van der Waals surface area contributed by atoms with Crippen molar-refractivity contribution in [2.75, 3.05) is 20.8 Å². The van der Waals surface area contributed by atoms with Crippen molar-refractivity contribution in [2.45, 2.75) is 52.4 Å². The van der Waals surface area contributed by atoms with Crippen LogP contribution in [0.2, 0.25) is 0 Å². The third kappa shape index (κ3) is 2.13. The summed E-state index contributed by atoms with van der Waals surface area (Å²) in [5.74, 6) is 0.883. The van der Waals surface area contributed by atoms with E-state index in [0.29, 0.717) is 16.9 Å². The lowest BCUT2D eigenvalue weighted by Gasteiger charge is -2.43. The molecule has 3 atom stereocenters. The first kappa shape index (κ1) is 13.3. The van der Waals surface area contributed by atoms with Crippen molar-refractivity contribution in [3.63, 3.8) is 0 Å². The van der Waals surface area contributed by atoms with E-state index in [-0.39, 0.29) is 6.29 Å². The van der Waals surface area contributed by atoms with Gasteiger partial charge in [0.1, 0.15) is 0 Å². The Morgan fingerprint density at radius 1 is 1.24 bits per heavy atom. The zero-order valence-corrected chi connectivity index (χ0v) is 11.9. The standard InChI is InChI=1S/C14H27NO2/c1-13(2)10-6-7-14(3,8-10)12(13)15-9-11(16-4)17-5/h10-12,15H,6-9H2,1-5H3. The monoisotopic (exact) mass is 241 g/mol. The molecule has 3 unspecified atom stereocenters. The van der Waals surface area contributed by atoms with Gasteiger partial charge in [-0.05, 0) is 36.0 Å². The molecule has 0 amide bonds. The summed E-state index contributed by atoms with van der Waals surface area (Å²) in [4.78, 5) is 0. The first-order chi connectivity index (χ1) is 7.94. The van der Waals surface area contributed by atoms with E-state index in [2.05, 4.69) is 26.1 Å². The third-order valence-electron chi connectivity index (χ3n) is 5.28. The molecule has 2 fully saturated rings. The largest absolute Gasteiger partial charge is 0.355 e. The second-order valence-corrected chi connectivity index (χ2v) is 6.66. The van der Waals surface area contributed by atoms with Gasteiger partial charge in [0.05, 0.1) is 0 Å². The Morgan fingerprint density at radius 3 is 2.35 bits per heavy atom. The Hall–Kier alpha value is -0.120. The van der Waals surface area contributed by atoms with E-state index < -0.39 is 0 Å². The van der Waals surface area contributed by atoms with E-state index in [1.807, 2.05) is 0 Å². The minimum absolute atomic E-state index is 0.131. The normalized spacial score (nSPS) is 39.2. The SMILES string of the molecule is COC(CNC1C2(C)CCC(C2)C1(C)C)OC. The van der Waals surface area contributed by atoms with E-state index in [0.717, 1.165) is 12.5 Å². The Labute approximate surface area is 105 Å². The molecule has 2 saturated carbocycles. The molecule has 2 rings (SSSR count). The van der Waals surface area contributed by atoms with Crippen LogP contribution in [0, 0.1) is 16.7 Å². The summed E-state index contributed by atoms with van der Waals surface area (Å²) >= 11 is 0. The molecule has 3 nitrogen and oxygen atoms in total. The van der Waals surface area contributed by atoms with E-state index >= 15 is 0 Å². The van der Waals surface area contributed by atoms with E-state index in [4.69, 9.17) is 9.47 Å². The van der Waals surface area contributed by atoms with Crippen molar-refractivity contribution in [3.8, 4) is 0 Å². The molecule has 0 aromatic rings. The van der Waals surface area contributed by atoms with Gasteiger partial charge >= 0.3 is 0 Å². The number of ether oxygens (including phenoxy) is 2. The van der Waals surface area contributed by atoms with Crippen LogP contribution in [0.1, 0.15) is 40.0 Å². The highest BCUT2D eigenvalue weighted by atomic mass is 16.7. The highest BCUT2D eigenvalue weighted by Crippen LogP contribution is 2.62.